The Morgan fingerprint density at radius 2 is 1.63 bits per heavy atom. The molecule has 0 radical (unpaired) electrons. The Hall–Kier alpha value is -2.95. The van der Waals surface area contributed by atoms with E-state index in [0.717, 1.165) is 24.4 Å². The van der Waals surface area contributed by atoms with E-state index < -0.39 is 0 Å². The van der Waals surface area contributed by atoms with E-state index in [1.54, 1.807) is 24.5 Å². The highest BCUT2D eigenvalue weighted by atomic mass is 16.2. The number of piperazine rings is 1. The average molecular weight is 360 g/mol. The summed E-state index contributed by atoms with van der Waals surface area (Å²) >= 11 is 0. The second-order valence-electron chi connectivity index (χ2n) is 7.29. The van der Waals surface area contributed by atoms with Gasteiger partial charge in [-0.25, -0.2) is 4.98 Å². The van der Waals surface area contributed by atoms with Gasteiger partial charge in [-0.2, -0.15) is 0 Å². The van der Waals surface area contributed by atoms with Crippen LogP contribution in [0.25, 0.3) is 10.9 Å². The molecule has 5 heteroatoms. The van der Waals surface area contributed by atoms with Crippen molar-refractivity contribution < 1.29 is 4.79 Å². The van der Waals surface area contributed by atoms with Gasteiger partial charge in [-0.15, -0.1) is 0 Å². The molecule has 0 unspecified atom stereocenters. The molecule has 27 heavy (non-hydrogen) atoms. The Kier molecular flexibility index (Phi) is 4.52. The van der Waals surface area contributed by atoms with Crippen LogP contribution in [-0.2, 0) is 0 Å². The third-order valence-corrected chi connectivity index (χ3v) is 5.24. The van der Waals surface area contributed by atoms with Crippen LogP contribution in [0.3, 0.4) is 0 Å². The molecule has 1 saturated heterocycles. The van der Waals surface area contributed by atoms with Gasteiger partial charge in [0.15, 0.2) is 0 Å². The van der Waals surface area contributed by atoms with E-state index in [1.165, 1.54) is 22.1 Å². The number of amides is 1. The van der Waals surface area contributed by atoms with Crippen LogP contribution in [-0.4, -0.2) is 47.0 Å². The van der Waals surface area contributed by atoms with Gasteiger partial charge >= 0.3 is 0 Å². The quantitative estimate of drug-likeness (QED) is 0.702. The molecule has 3 heterocycles. The summed E-state index contributed by atoms with van der Waals surface area (Å²) < 4.78 is 0. The first-order chi connectivity index (χ1) is 13.0. The van der Waals surface area contributed by atoms with Crippen LogP contribution in [0, 0.1) is 20.8 Å². The minimum atomic E-state index is 0.0755. The van der Waals surface area contributed by atoms with Crippen LogP contribution in [0.5, 0.6) is 0 Å². The summed E-state index contributed by atoms with van der Waals surface area (Å²) in [5.74, 6) is 1.11. The van der Waals surface area contributed by atoms with E-state index in [0.29, 0.717) is 18.7 Å². The third-order valence-electron chi connectivity index (χ3n) is 5.24. The van der Waals surface area contributed by atoms with Crippen molar-refractivity contribution in [1.29, 1.82) is 0 Å². The summed E-state index contributed by atoms with van der Waals surface area (Å²) in [4.78, 5) is 25.8. The molecular formula is C22H24N4O. The monoisotopic (exact) mass is 360 g/mol. The highest BCUT2D eigenvalue weighted by Crippen LogP contribution is 2.27. The number of carbonyl (C=O) groups excluding carboxylic acids is 1. The number of rotatable bonds is 2. The first kappa shape index (κ1) is 17.5. The van der Waals surface area contributed by atoms with Gasteiger partial charge in [-0.05, 0) is 61.7 Å². The van der Waals surface area contributed by atoms with Crippen molar-refractivity contribution in [3.63, 3.8) is 0 Å². The number of hydrogen-bond acceptors (Lipinski definition) is 4. The molecule has 1 aliphatic rings. The normalized spacial score (nSPS) is 14.6. The fourth-order valence-corrected chi connectivity index (χ4v) is 3.84. The van der Waals surface area contributed by atoms with E-state index in [9.17, 15) is 4.79 Å². The van der Waals surface area contributed by atoms with Gasteiger partial charge in [0.05, 0.1) is 5.52 Å². The highest BCUT2D eigenvalue weighted by Gasteiger charge is 2.24. The fourth-order valence-electron chi connectivity index (χ4n) is 3.84. The van der Waals surface area contributed by atoms with Crippen molar-refractivity contribution in [2.75, 3.05) is 31.1 Å². The first-order valence-corrected chi connectivity index (χ1v) is 9.36. The predicted octanol–water partition coefficient (Wildman–Crippen LogP) is 3.52. The molecule has 138 valence electrons. The van der Waals surface area contributed by atoms with E-state index in [4.69, 9.17) is 4.98 Å². The van der Waals surface area contributed by atoms with Crippen LogP contribution in [0.4, 0.5) is 5.82 Å². The molecule has 3 aromatic rings. The van der Waals surface area contributed by atoms with Gasteiger partial charge in [-0.3, -0.25) is 9.78 Å². The third kappa shape index (κ3) is 3.37. The number of anilines is 1. The van der Waals surface area contributed by atoms with E-state index in [1.807, 2.05) is 4.90 Å². The van der Waals surface area contributed by atoms with Crippen molar-refractivity contribution >= 4 is 22.6 Å². The molecule has 0 atom stereocenters. The lowest BCUT2D eigenvalue weighted by atomic mass is 10.0. The Balaban J connectivity index is 1.54. The zero-order chi connectivity index (χ0) is 19.0. The van der Waals surface area contributed by atoms with Gasteiger partial charge in [0.1, 0.15) is 5.82 Å². The van der Waals surface area contributed by atoms with Gasteiger partial charge in [-0.1, -0.05) is 6.07 Å². The van der Waals surface area contributed by atoms with Crippen LogP contribution < -0.4 is 4.90 Å². The highest BCUT2D eigenvalue weighted by molar-refractivity contribution is 5.94. The lowest BCUT2D eigenvalue weighted by Crippen LogP contribution is -2.49. The van der Waals surface area contributed by atoms with Crippen molar-refractivity contribution in [2.45, 2.75) is 20.8 Å². The lowest BCUT2D eigenvalue weighted by Gasteiger charge is -2.36. The molecule has 0 spiro atoms. The van der Waals surface area contributed by atoms with Crippen molar-refractivity contribution in [2.24, 2.45) is 0 Å². The topological polar surface area (TPSA) is 49.3 Å². The van der Waals surface area contributed by atoms with Gasteiger partial charge < -0.3 is 9.80 Å². The van der Waals surface area contributed by atoms with Crippen LogP contribution in [0.2, 0.25) is 0 Å². The molecule has 1 aliphatic heterocycles. The molecule has 2 aromatic heterocycles. The largest absolute Gasteiger partial charge is 0.353 e. The summed E-state index contributed by atoms with van der Waals surface area (Å²) in [7, 11) is 0. The fraction of sp³-hybridized carbons (Fsp3) is 0.318. The summed E-state index contributed by atoms with van der Waals surface area (Å²) in [6, 6.07) is 10.1. The number of pyridine rings is 2. The average Bonchev–Trinajstić information content (AvgIpc) is 2.68. The standard InChI is InChI=1S/C22H24N4O/c1-15-12-16(2)19-14-17(3)21(24-20(19)13-15)25-8-10-26(11-9-25)22(27)18-4-6-23-7-5-18/h4-7,12-14H,8-11H2,1-3H3. The Labute approximate surface area is 159 Å². The molecule has 0 bridgehead atoms. The second kappa shape index (κ2) is 6.99. The van der Waals surface area contributed by atoms with Gasteiger partial charge in [0.25, 0.3) is 5.91 Å². The van der Waals surface area contributed by atoms with Crippen LogP contribution in [0.15, 0.2) is 42.7 Å². The van der Waals surface area contributed by atoms with Crippen LogP contribution in [0.1, 0.15) is 27.0 Å². The lowest BCUT2D eigenvalue weighted by molar-refractivity contribution is 0.0746. The smallest absolute Gasteiger partial charge is 0.254 e. The molecule has 4 rings (SSSR count). The summed E-state index contributed by atoms with van der Waals surface area (Å²) in [5.41, 5.74) is 5.42. The Morgan fingerprint density at radius 3 is 2.33 bits per heavy atom. The molecule has 1 amide bonds. The van der Waals surface area contributed by atoms with Gasteiger partial charge in [0, 0.05) is 49.5 Å². The van der Waals surface area contributed by atoms with Crippen molar-refractivity contribution in [3.05, 3.63) is 65.0 Å². The van der Waals surface area contributed by atoms with E-state index >= 15 is 0 Å². The molecule has 0 N–H and O–H groups in total. The molecule has 0 saturated carbocycles. The minimum Gasteiger partial charge on any atom is -0.353 e. The number of aryl methyl sites for hydroxylation is 3. The SMILES string of the molecule is Cc1cc(C)c2cc(C)c(N3CCN(C(=O)c4ccncc4)CC3)nc2c1. The number of carbonyl (C=O) groups is 1. The maximum atomic E-state index is 12.6. The number of aromatic nitrogens is 2. The molecule has 0 aliphatic carbocycles. The van der Waals surface area contributed by atoms with Crippen molar-refractivity contribution in [3.8, 4) is 0 Å². The van der Waals surface area contributed by atoms with E-state index in [-0.39, 0.29) is 5.91 Å². The summed E-state index contributed by atoms with van der Waals surface area (Å²) in [5, 5.41) is 1.22. The molecule has 1 aromatic carbocycles. The molecule has 5 nitrogen and oxygen atoms in total. The number of benzene rings is 1. The zero-order valence-corrected chi connectivity index (χ0v) is 16.1. The Morgan fingerprint density at radius 1 is 0.926 bits per heavy atom. The number of hydrogen-bond donors (Lipinski definition) is 0. The maximum absolute atomic E-state index is 12.6. The molecular weight excluding hydrogens is 336 g/mol. The van der Waals surface area contributed by atoms with Crippen molar-refractivity contribution in [1.82, 2.24) is 14.9 Å². The maximum Gasteiger partial charge on any atom is 0.254 e. The minimum absolute atomic E-state index is 0.0755. The molecule has 1 fully saturated rings. The number of nitrogens with zero attached hydrogens (tertiary/aromatic N) is 4. The van der Waals surface area contributed by atoms with Crippen LogP contribution >= 0.6 is 0 Å². The predicted molar refractivity (Wildman–Crippen MR) is 108 cm³/mol. The summed E-state index contributed by atoms with van der Waals surface area (Å²) in [6.45, 7) is 9.36. The zero-order valence-electron chi connectivity index (χ0n) is 16.1. The van der Waals surface area contributed by atoms with E-state index in [2.05, 4.69) is 48.9 Å². The second-order valence-corrected chi connectivity index (χ2v) is 7.29. The summed E-state index contributed by atoms with van der Waals surface area (Å²) in [6.07, 6.45) is 3.33. The number of fused-ring (bicyclic) bond motifs is 1. The van der Waals surface area contributed by atoms with Gasteiger partial charge in [0.2, 0.25) is 0 Å². The Bertz CT molecular complexity index is 992. The first-order valence-electron chi connectivity index (χ1n) is 9.36.